The standard InChI is InChI=1S/C17H24N4O4S/c1-26(24,25)21-8-4-15(5-9-21)19-17(23)14-10-16(22)20(12-14)11-13-2-6-18-7-3-13/h2-3,6-7,14-15H,4-5,8-12H2,1H3,(H,19,23). The SMILES string of the molecule is CS(=O)(=O)N1CCC(NC(=O)C2CC(=O)N(Cc3ccncc3)C2)CC1. The zero-order chi connectivity index (χ0) is 18.7. The highest BCUT2D eigenvalue weighted by Crippen LogP contribution is 2.21. The van der Waals surface area contributed by atoms with Crippen molar-refractivity contribution in [3.63, 3.8) is 0 Å². The van der Waals surface area contributed by atoms with Crippen LogP contribution in [0.5, 0.6) is 0 Å². The Morgan fingerprint density at radius 3 is 2.54 bits per heavy atom. The summed E-state index contributed by atoms with van der Waals surface area (Å²) in [6, 6.07) is 3.68. The molecule has 0 radical (unpaired) electrons. The highest BCUT2D eigenvalue weighted by atomic mass is 32.2. The van der Waals surface area contributed by atoms with Gasteiger partial charge in [-0.05, 0) is 30.5 Å². The van der Waals surface area contributed by atoms with Crippen LogP contribution in [0.3, 0.4) is 0 Å². The Balaban J connectivity index is 1.49. The van der Waals surface area contributed by atoms with Gasteiger partial charge in [0, 0.05) is 51.0 Å². The van der Waals surface area contributed by atoms with Gasteiger partial charge in [-0.3, -0.25) is 14.6 Å². The maximum Gasteiger partial charge on any atom is 0.225 e. The van der Waals surface area contributed by atoms with E-state index >= 15 is 0 Å². The van der Waals surface area contributed by atoms with Crippen molar-refractivity contribution in [1.29, 1.82) is 0 Å². The third-order valence-electron chi connectivity index (χ3n) is 4.98. The van der Waals surface area contributed by atoms with E-state index < -0.39 is 10.0 Å². The lowest BCUT2D eigenvalue weighted by Crippen LogP contribution is -2.47. The zero-order valence-electron chi connectivity index (χ0n) is 14.8. The van der Waals surface area contributed by atoms with E-state index in [1.807, 2.05) is 12.1 Å². The van der Waals surface area contributed by atoms with Crippen molar-refractivity contribution < 1.29 is 18.0 Å². The van der Waals surface area contributed by atoms with Crippen molar-refractivity contribution in [3.8, 4) is 0 Å². The van der Waals surface area contributed by atoms with Gasteiger partial charge in [-0.2, -0.15) is 0 Å². The molecule has 0 aliphatic carbocycles. The summed E-state index contributed by atoms with van der Waals surface area (Å²) in [6.07, 6.45) is 5.98. The molecule has 2 saturated heterocycles. The van der Waals surface area contributed by atoms with Gasteiger partial charge in [0.15, 0.2) is 0 Å². The predicted molar refractivity (Wildman–Crippen MR) is 95.3 cm³/mol. The lowest BCUT2D eigenvalue weighted by Gasteiger charge is -2.31. The van der Waals surface area contributed by atoms with Gasteiger partial charge >= 0.3 is 0 Å². The predicted octanol–water partition coefficient (Wildman–Crippen LogP) is -0.0297. The summed E-state index contributed by atoms with van der Waals surface area (Å²) in [5.41, 5.74) is 0.988. The second kappa shape index (κ2) is 7.71. The minimum Gasteiger partial charge on any atom is -0.353 e. The molecule has 1 unspecified atom stereocenters. The van der Waals surface area contributed by atoms with Crippen molar-refractivity contribution in [2.75, 3.05) is 25.9 Å². The van der Waals surface area contributed by atoms with E-state index in [-0.39, 0.29) is 30.2 Å². The molecule has 2 aliphatic rings. The van der Waals surface area contributed by atoms with Gasteiger partial charge in [0.1, 0.15) is 0 Å². The largest absolute Gasteiger partial charge is 0.353 e. The fraction of sp³-hybridized carbons (Fsp3) is 0.588. The van der Waals surface area contributed by atoms with E-state index in [1.54, 1.807) is 17.3 Å². The molecule has 1 atom stereocenters. The number of carbonyl (C=O) groups excluding carboxylic acids is 2. The Bertz CT molecular complexity index is 760. The second-order valence-corrected chi connectivity index (χ2v) is 8.96. The van der Waals surface area contributed by atoms with E-state index in [0.29, 0.717) is 39.0 Å². The molecule has 2 fully saturated rings. The van der Waals surface area contributed by atoms with Crippen LogP contribution in [0.4, 0.5) is 0 Å². The first kappa shape index (κ1) is 18.8. The molecule has 0 bridgehead atoms. The summed E-state index contributed by atoms with van der Waals surface area (Å²) in [6.45, 7) is 1.73. The fourth-order valence-electron chi connectivity index (χ4n) is 3.46. The molecule has 9 heteroatoms. The maximum absolute atomic E-state index is 12.5. The smallest absolute Gasteiger partial charge is 0.225 e. The van der Waals surface area contributed by atoms with Crippen molar-refractivity contribution >= 4 is 21.8 Å². The Kier molecular flexibility index (Phi) is 5.57. The van der Waals surface area contributed by atoms with Gasteiger partial charge in [-0.15, -0.1) is 0 Å². The molecule has 1 aromatic rings. The number of sulfonamides is 1. The number of nitrogens with one attached hydrogen (secondary N) is 1. The molecule has 3 heterocycles. The van der Waals surface area contributed by atoms with Crippen molar-refractivity contribution in [3.05, 3.63) is 30.1 Å². The van der Waals surface area contributed by atoms with Crippen LogP contribution in [-0.2, 0) is 26.2 Å². The number of aromatic nitrogens is 1. The molecular weight excluding hydrogens is 356 g/mol. The quantitative estimate of drug-likeness (QED) is 0.773. The first-order valence-electron chi connectivity index (χ1n) is 8.75. The van der Waals surface area contributed by atoms with Gasteiger partial charge in [0.2, 0.25) is 21.8 Å². The van der Waals surface area contributed by atoms with Gasteiger partial charge in [0.05, 0.1) is 12.2 Å². The van der Waals surface area contributed by atoms with Crippen molar-refractivity contribution in [2.24, 2.45) is 5.92 Å². The summed E-state index contributed by atoms with van der Waals surface area (Å²) >= 11 is 0. The molecule has 26 heavy (non-hydrogen) atoms. The van der Waals surface area contributed by atoms with Gasteiger partial charge in [-0.25, -0.2) is 12.7 Å². The summed E-state index contributed by atoms with van der Waals surface area (Å²) < 4.78 is 24.5. The fourth-order valence-corrected chi connectivity index (χ4v) is 4.33. The summed E-state index contributed by atoms with van der Waals surface area (Å²) in [7, 11) is -3.17. The summed E-state index contributed by atoms with van der Waals surface area (Å²) in [5.74, 6) is -0.487. The first-order chi connectivity index (χ1) is 12.3. The van der Waals surface area contributed by atoms with E-state index in [9.17, 15) is 18.0 Å². The first-order valence-corrected chi connectivity index (χ1v) is 10.6. The van der Waals surface area contributed by atoms with E-state index in [4.69, 9.17) is 0 Å². The van der Waals surface area contributed by atoms with Crippen LogP contribution >= 0.6 is 0 Å². The van der Waals surface area contributed by atoms with Gasteiger partial charge in [0.25, 0.3) is 0 Å². The number of hydrogen-bond acceptors (Lipinski definition) is 5. The Labute approximate surface area is 153 Å². The topological polar surface area (TPSA) is 99.7 Å². The molecule has 0 spiro atoms. The summed E-state index contributed by atoms with van der Waals surface area (Å²) in [5, 5.41) is 2.99. The van der Waals surface area contributed by atoms with E-state index in [2.05, 4.69) is 10.3 Å². The molecule has 0 saturated carbocycles. The third-order valence-corrected chi connectivity index (χ3v) is 6.28. The van der Waals surface area contributed by atoms with E-state index in [0.717, 1.165) is 5.56 Å². The molecule has 1 N–H and O–H groups in total. The van der Waals surface area contributed by atoms with Crippen molar-refractivity contribution in [2.45, 2.75) is 31.8 Å². The van der Waals surface area contributed by atoms with Gasteiger partial charge < -0.3 is 10.2 Å². The maximum atomic E-state index is 12.5. The van der Waals surface area contributed by atoms with Crippen LogP contribution in [0.15, 0.2) is 24.5 Å². The molecule has 2 aliphatic heterocycles. The lowest BCUT2D eigenvalue weighted by atomic mass is 10.0. The normalized spacial score (nSPS) is 22.6. The number of nitrogens with zero attached hydrogens (tertiary/aromatic N) is 3. The van der Waals surface area contributed by atoms with Crippen LogP contribution in [0.25, 0.3) is 0 Å². The van der Waals surface area contributed by atoms with Gasteiger partial charge in [-0.1, -0.05) is 0 Å². The molecule has 142 valence electrons. The third kappa shape index (κ3) is 4.59. The second-order valence-electron chi connectivity index (χ2n) is 6.98. The van der Waals surface area contributed by atoms with Crippen LogP contribution in [0, 0.1) is 5.92 Å². The zero-order valence-corrected chi connectivity index (χ0v) is 15.6. The highest BCUT2D eigenvalue weighted by molar-refractivity contribution is 7.88. The highest BCUT2D eigenvalue weighted by Gasteiger charge is 2.35. The monoisotopic (exact) mass is 380 g/mol. The van der Waals surface area contributed by atoms with Crippen LogP contribution in [-0.4, -0.2) is 66.4 Å². The molecule has 1 aromatic heterocycles. The van der Waals surface area contributed by atoms with Crippen LogP contribution in [0.2, 0.25) is 0 Å². The lowest BCUT2D eigenvalue weighted by molar-refractivity contribution is -0.129. The van der Waals surface area contributed by atoms with Crippen molar-refractivity contribution in [1.82, 2.24) is 19.5 Å². The average molecular weight is 380 g/mol. The Morgan fingerprint density at radius 1 is 1.27 bits per heavy atom. The minimum atomic E-state index is -3.17. The molecule has 0 aromatic carbocycles. The number of pyridine rings is 1. The molecular formula is C17H24N4O4S. The Hall–Kier alpha value is -2.00. The minimum absolute atomic E-state index is 0.0196. The number of piperidine rings is 1. The number of hydrogen-bond donors (Lipinski definition) is 1. The number of amides is 2. The van der Waals surface area contributed by atoms with E-state index in [1.165, 1.54) is 10.6 Å². The average Bonchev–Trinajstić information content (AvgIpc) is 2.96. The molecule has 8 nitrogen and oxygen atoms in total. The summed E-state index contributed by atoms with van der Waals surface area (Å²) in [4.78, 5) is 30.4. The van der Waals surface area contributed by atoms with Crippen LogP contribution in [0.1, 0.15) is 24.8 Å². The number of likely N-dealkylation sites (tertiary alicyclic amines) is 1. The van der Waals surface area contributed by atoms with Crippen LogP contribution < -0.4 is 5.32 Å². The number of carbonyl (C=O) groups is 2. The number of rotatable bonds is 5. The molecule has 3 rings (SSSR count). The Morgan fingerprint density at radius 2 is 1.92 bits per heavy atom. The molecule has 2 amide bonds.